The summed E-state index contributed by atoms with van der Waals surface area (Å²) < 4.78 is 27.0. The third-order valence-electron chi connectivity index (χ3n) is 2.34. The van der Waals surface area contributed by atoms with Gasteiger partial charge in [-0.3, -0.25) is 0 Å². The molecular formula is C10H15BrN2O4S. The first-order valence-corrected chi connectivity index (χ1v) is 7.32. The Balaban J connectivity index is 3.18. The maximum atomic E-state index is 12.1. The molecule has 0 saturated heterocycles. The van der Waals surface area contributed by atoms with E-state index in [4.69, 9.17) is 15.9 Å². The number of halogens is 1. The number of benzene rings is 1. The normalized spacial score (nSPS) is 12.7. The fourth-order valence-electron chi connectivity index (χ4n) is 1.23. The van der Waals surface area contributed by atoms with Gasteiger partial charge in [-0.05, 0) is 25.1 Å². The molecule has 1 rings (SSSR count). The summed E-state index contributed by atoms with van der Waals surface area (Å²) in [4.78, 5) is -0.106. The molecule has 1 aromatic rings. The number of nitrogens with one attached hydrogen (secondary N) is 1. The van der Waals surface area contributed by atoms with Crippen LogP contribution in [0.15, 0.2) is 27.6 Å². The van der Waals surface area contributed by atoms with Gasteiger partial charge in [0, 0.05) is 4.47 Å². The molecule has 0 saturated carbocycles. The number of nitrogen functional groups attached to an aromatic ring is 1. The summed E-state index contributed by atoms with van der Waals surface area (Å²) in [6.45, 7) is 0.325. The van der Waals surface area contributed by atoms with Crippen molar-refractivity contribution in [1.29, 1.82) is 0 Å². The quantitative estimate of drug-likeness (QED) is 0.567. The summed E-state index contributed by atoms with van der Waals surface area (Å²) >= 11 is 3.16. The zero-order valence-electron chi connectivity index (χ0n) is 9.72. The van der Waals surface area contributed by atoms with E-state index in [0.29, 0.717) is 4.47 Å². The molecule has 0 aliphatic rings. The van der Waals surface area contributed by atoms with Gasteiger partial charge in [0.2, 0.25) is 10.0 Å². The Morgan fingerprint density at radius 2 is 1.94 bits per heavy atom. The van der Waals surface area contributed by atoms with Gasteiger partial charge in [-0.1, -0.05) is 15.9 Å². The van der Waals surface area contributed by atoms with Crippen LogP contribution < -0.4 is 10.5 Å². The number of rotatable bonds is 5. The van der Waals surface area contributed by atoms with Gasteiger partial charge >= 0.3 is 0 Å². The Bertz CT molecular complexity index is 529. The first kappa shape index (κ1) is 15.4. The highest BCUT2D eigenvalue weighted by molar-refractivity contribution is 9.10. The lowest BCUT2D eigenvalue weighted by Crippen LogP contribution is -2.51. The number of sulfonamides is 1. The van der Waals surface area contributed by atoms with E-state index in [9.17, 15) is 8.42 Å². The van der Waals surface area contributed by atoms with Crippen LogP contribution >= 0.6 is 15.9 Å². The molecule has 0 aromatic heterocycles. The Hall–Kier alpha value is -0.670. The van der Waals surface area contributed by atoms with Gasteiger partial charge in [0.05, 0.1) is 24.4 Å². The van der Waals surface area contributed by atoms with Crippen LogP contribution in [0.3, 0.4) is 0 Å². The van der Waals surface area contributed by atoms with E-state index in [0.717, 1.165) is 0 Å². The van der Waals surface area contributed by atoms with Crippen LogP contribution in [-0.2, 0) is 10.0 Å². The lowest BCUT2D eigenvalue weighted by molar-refractivity contribution is 0.122. The van der Waals surface area contributed by atoms with Crippen LogP contribution in [0, 0.1) is 0 Å². The van der Waals surface area contributed by atoms with E-state index < -0.39 is 28.8 Å². The van der Waals surface area contributed by atoms with Gasteiger partial charge in [-0.25, -0.2) is 13.1 Å². The Morgan fingerprint density at radius 1 is 1.39 bits per heavy atom. The van der Waals surface area contributed by atoms with Gasteiger partial charge in [-0.2, -0.15) is 0 Å². The molecule has 0 radical (unpaired) electrons. The van der Waals surface area contributed by atoms with E-state index in [1.165, 1.54) is 19.1 Å². The molecule has 0 bridgehead atoms. The van der Waals surface area contributed by atoms with Crippen molar-refractivity contribution < 1.29 is 18.6 Å². The molecule has 0 atom stereocenters. The number of aliphatic hydroxyl groups excluding tert-OH is 2. The fraction of sp³-hybridized carbons (Fsp3) is 0.400. The number of anilines is 1. The molecule has 0 aliphatic carbocycles. The maximum Gasteiger partial charge on any atom is 0.243 e. The van der Waals surface area contributed by atoms with Crippen molar-refractivity contribution in [1.82, 2.24) is 4.72 Å². The predicted octanol–water partition coefficient (Wildman–Crippen LogP) is 0.0529. The second kappa shape index (κ2) is 5.54. The van der Waals surface area contributed by atoms with Crippen LogP contribution in [0.2, 0.25) is 0 Å². The van der Waals surface area contributed by atoms with Crippen LogP contribution in [0.5, 0.6) is 0 Å². The predicted molar refractivity (Wildman–Crippen MR) is 71.5 cm³/mol. The van der Waals surface area contributed by atoms with Gasteiger partial charge < -0.3 is 15.9 Å². The minimum absolute atomic E-state index is 0.0870. The van der Waals surface area contributed by atoms with Crippen molar-refractivity contribution in [3.8, 4) is 0 Å². The topological polar surface area (TPSA) is 113 Å². The maximum absolute atomic E-state index is 12.1. The highest BCUT2D eigenvalue weighted by Gasteiger charge is 2.30. The first-order chi connectivity index (χ1) is 8.24. The van der Waals surface area contributed by atoms with E-state index >= 15 is 0 Å². The summed E-state index contributed by atoms with van der Waals surface area (Å²) in [6, 6.07) is 4.42. The molecule has 102 valence electrons. The summed E-state index contributed by atoms with van der Waals surface area (Å²) in [5, 5.41) is 18.2. The largest absolute Gasteiger partial charge is 0.398 e. The van der Waals surface area contributed by atoms with Gasteiger partial charge in [0.15, 0.2) is 0 Å². The second-order valence-corrected chi connectivity index (χ2v) is 6.73. The Labute approximate surface area is 114 Å². The number of hydrogen-bond donors (Lipinski definition) is 4. The van der Waals surface area contributed by atoms with Crippen LogP contribution in [-0.4, -0.2) is 37.4 Å². The molecule has 0 spiro atoms. The molecule has 0 fully saturated rings. The fourth-order valence-corrected chi connectivity index (χ4v) is 3.30. The average Bonchev–Trinajstić information content (AvgIpc) is 2.31. The van der Waals surface area contributed by atoms with Crippen molar-refractivity contribution in [2.75, 3.05) is 18.9 Å². The van der Waals surface area contributed by atoms with Crippen LogP contribution in [0.4, 0.5) is 5.69 Å². The van der Waals surface area contributed by atoms with Crippen molar-refractivity contribution >= 4 is 31.6 Å². The number of hydrogen-bond acceptors (Lipinski definition) is 5. The van der Waals surface area contributed by atoms with Crippen molar-refractivity contribution in [2.24, 2.45) is 0 Å². The molecule has 0 amide bonds. The number of aliphatic hydroxyl groups is 2. The zero-order chi connectivity index (χ0) is 14.0. The highest BCUT2D eigenvalue weighted by atomic mass is 79.9. The van der Waals surface area contributed by atoms with E-state index in [2.05, 4.69) is 20.7 Å². The third-order valence-corrected chi connectivity index (χ3v) is 4.53. The van der Waals surface area contributed by atoms with Gasteiger partial charge in [-0.15, -0.1) is 0 Å². The monoisotopic (exact) mass is 338 g/mol. The molecular weight excluding hydrogens is 324 g/mol. The lowest BCUT2D eigenvalue weighted by atomic mass is 10.1. The summed E-state index contributed by atoms with van der Waals surface area (Å²) in [7, 11) is -3.92. The molecule has 8 heteroatoms. The first-order valence-electron chi connectivity index (χ1n) is 5.05. The minimum Gasteiger partial charge on any atom is -0.398 e. The molecule has 0 unspecified atom stereocenters. The standard InChI is InChI=1S/C10H15BrN2O4S/c1-10(5-14,6-15)13-18(16,17)9-4-7(11)2-3-8(9)12/h2-4,13-15H,5-6,12H2,1H3. The second-order valence-electron chi connectivity index (χ2n) is 4.16. The molecule has 18 heavy (non-hydrogen) atoms. The van der Waals surface area contributed by atoms with Crippen LogP contribution in [0.1, 0.15) is 6.92 Å². The van der Waals surface area contributed by atoms with Crippen molar-refractivity contribution in [3.05, 3.63) is 22.7 Å². The molecule has 6 nitrogen and oxygen atoms in total. The average molecular weight is 339 g/mol. The number of nitrogens with two attached hydrogens (primary N) is 1. The summed E-state index contributed by atoms with van der Waals surface area (Å²) in [5.74, 6) is 0. The highest BCUT2D eigenvalue weighted by Crippen LogP contribution is 2.24. The third kappa shape index (κ3) is 3.42. The Morgan fingerprint density at radius 3 is 2.44 bits per heavy atom. The Kier molecular flexibility index (Phi) is 4.73. The molecule has 1 aromatic carbocycles. The minimum atomic E-state index is -3.92. The molecule has 0 aliphatic heterocycles. The van der Waals surface area contributed by atoms with Crippen LogP contribution in [0.25, 0.3) is 0 Å². The van der Waals surface area contributed by atoms with Crippen molar-refractivity contribution in [3.63, 3.8) is 0 Å². The van der Waals surface area contributed by atoms with E-state index in [1.807, 2.05) is 0 Å². The summed E-state index contributed by atoms with van der Waals surface area (Å²) in [6.07, 6.45) is 0. The SMILES string of the molecule is CC(CO)(CO)NS(=O)(=O)c1cc(Br)ccc1N. The lowest BCUT2D eigenvalue weighted by Gasteiger charge is -2.26. The van der Waals surface area contributed by atoms with Gasteiger partial charge in [0.1, 0.15) is 4.90 Å². The van der Waals surface area contributed by atoms with Crippen molar-refractivity contribution in [2.45, 2.75) is 17.4 Å². The smallest absolute Gasteiger partial charge is 0.243 e. The molecule has 0 heterocycles. The molecule has 5 N–H and O–H groups in total. The van der Waals surface area contributed by atoms with Gasteiger partial charge in [0.25, 0.3) is 0 Å². The zero-order valence-corrected chi connectivity index (χ0v) is 12.1. The van der Waals surface area contributed by atoms with E-state index in [-0.39, 0.29) is 10.6 Å². The summed E-state index contributed by atoms with van der Waals surface area (Å²) in [5.41, 5.74) is 4.36. The van der Waals surface area contributed by atoms with E-state index in [1.54, 1.807) is 6.07 Å².